The molecule has 3 aliphatic heterocycles. The fourth-order valence-corrected chi connectivity index (χ4v) is 4.07. The lowest BCUT2D eigenvalue weighted by Crippen LogP contribution is -2.63. The molecule has 27 heavy (non-hydrogen) atoms. The summed E-state index contributed by atoms with van der Waals surface area (Å²) in [4.78, 5) is 9.58. The van der Waals surface area contributed by atoms with Gasteiger partial charge in [-0.15, -0.1) is 24.0 Å². The predicted molar refractivity (Wildman–Crippen MR) is 123 cm³/mol. The third kappa shape index (κ3) is 6.61. The van der Waals surface area contributed by atoms with Crippen LogP contribution in [-0.4, -0.2) is 79.3 Å². The maximum absolute atomic E-state index is 10.4. The van der Waals surface area contributed by atoms with Gasteiger partial charge in [0.1, 0.15) is 0 Å². The molecule has 0 saturated carbocycles. The minimum atomic E-state index is -0.748. The van der Waals surface area contributed by atoms with E-state index in [9.17, 15) is 5.11 Å². The average molecular weight is 528 g/mol. The number of nitrogens with one attached hydrogen (secondary N) is 2. The number of piperazine rings is 3. The van der Waals surface area contributed by atoms with Gasteiger partial charge in [-0.3, -0.25) is 14.8 Å². The third-order valence-electron chi connectivity index (χ3n) is 4.93. The summed E-state index contributed by atoms with van der Waals surface area (Å²) in [7, 11) is 0. The summed E-state index contributed by atoms with van der Waals surface area (Å²) in [6, 6.07) is 5.60. The zero-order chi connectivity index (χ0) is 18.5. The Labute approximate surface area is 188 Å². The highest BCUT2D eigenvalue weighted by molar-refractivity contribution is 14.0. The molecule has 0 spiro atoms. The number of halogens is 3. The first kappa shape index (κ1) is 23.0. The zero-order valence-electron chi connectivity index (χ0n) is 15.5. The van der Waals surface area contributed by atoms with Crippen LogP contribution >= 0.6 is 47.2 Å². The van der Waals surface area contributed by atoms with Crippen LogP contribution in [0, 0.1) is 0 Å². The van der Waals surface area contributed by atoms with Crippen molar-refractivity contribution in [3.8, 4) is 0 Å². The van der Waals surface area contributed by atoms with Crippen LogP contribution in [0.15, 0.2) is 23.2 Å². The molecule has 152 valence electrons. The molecule has 1 aromatic rings. The van der Waals surface area contributed by atoms with Gasteiger partial charge in [0.15, 0.2) is 5.96 Å². The van der Waals surface area contributed by atoms with E-state index in [1.54, 1.807) is 18.2 Å². The second-order valence-corrected chi connectivity index (χ2v) is 7.68. The van der Waals surface area contributed by atoms with Crippen LogP contribution in [0.4, 0.5) is 0 Å². The average Bonchev–Trinajstić information content (AvgIpc) is 2.64. The summed E-state index contributed by atoms with van der Waals surface area (Å²) in [5.74, 6) is 0.720. The molecular weight excluding hydrogens is 500 g/mol. The van der Waals surface area contributed by atoms with E-state index >= 15 is 0 Å². The van der Waals surface area contributed by atoms with Gasteiger partial charge >= 0.3 is 0 Å². The first-order valence-electron chi connectivity index (χ1n) is 9.18. The van der Waals surface area contributed by atoms with Gasteiger partial charge in [0.2, 0.25) is 0 Å². The summed E-state index contributed by atoms with van der Waals surface area (Å²) in [6.45, 7) is 9.65. The molecular formula is C18H28Cl2IN5O. The molecule has 4 rings (SSSR count). The van der Waals surface area contributed by atoms with E-state index < -0.39 is 6.10 Å². The van der Waals surface area contributed by atoms with Gasteiger partial charge in [-0.25, -0.2) is 0 Å². The molecule has 2 unspecified atom stereocenters. The predicted octanol–water partition coefficient (Wildman–Crippen LogP) is 2.20. The number of aliphatic hydroxyl groups excluding tert-OH is 1. The quantitative estimate of drug-likeness (QED) is 0.301. The highest BCUT2D eigenvalue weighted by Gasteiger charge is 2.31. The fourth-order valence-electron chi connectivity index (χ4n) is 3.53. The molecule has 0 amide bonds. The number of guanidine groups is 1. The van der Waals surface area contributed by atoms with E-state index in [0.717, 1.165) is 38.7 Å². The number of hydrogen-bond donors (Lipinski definition) is 3. The minimum Gasteiger partial charge on any atom is -0.386 e. The summed E-state index contributed by atoms with van der Waals surface area (Å²) in [5.41, 5.74) is 0.672. The summed E-state index contributed by atoms with van der Waals surface area (Å²) < 4.78 is 0. The largest absolute Gasteiger partial charge is 0.386 e. The Morgan fingerprint density at radius 3 is 2.41 bits per heavy atom. The number of aliphatic imine (C=N–C) groups is 1. The van der Waals surface area contributed by atoms with Crippen LogP contribution in [0.3, 0.4) is 0 Å². The highest BCUT2D eigenvalue weighted by Crippen LogP contribution is 2.23. The van der Waals surface area contributed by atoms with Crippen LogP contribution in [0.25, 0.3) is 0 Å². The highest BCUT2D eigenvalue weighted by atomic mass is 127. The normalized spacial score (nSPS) is 25.6. The second kappa shape index (κ2) is 11.0. The monoisotopic (exact) mass is 527 g/mol. The Morgan fingerprint density at radius 2 is 1.85 bits per heavy atom. The molecule has 0 radical (unpaired) electrons. The van der Waals surface area contributed by atoms with Crippen molar-refractivity contribution >= 4 is 53.1 Å². The SMILES string of the molecule is CCNC(=NCC(O)c1cc(Cl)cc(Cl)c1)NCC1CN2CCN1CC2.I. The van der Waals surface area contributed by atoms with Crippen LogP contribution < -0.4 is 10.6 Å². The maximum atomic E-state index is 10.4. The molecule has 2 atom stereocenters. The molecule has 9 heteroatoms. The lowest BCUT2D eigenvalue weighted by Gasteiger charge is -2.47. The molecule has 3 aliphatic rings. The van der Waals surface area contributed by atoms with E-state index in [-0.39, 0.29) is 30.5 Å². The van der Waals surface area contributed by atoms with Crippen LogP contribution in [0.1, 0.15) is 18.6 Å². The van der Waals surface area contributed by atoms with Crippen molar-refractivity contribution in [2.75, 3.05) is 52.4 Å². The molecule has 3 fully saturated rings. The van der Waals surface area contributed by atoms with Crippen molar-refractivity contribution in [2.45, 2.75) is 19.1 Å². The minimum absolute atomic E-state index is 0. The van der Waals surface area contributed by atoms with Gasteiger partial charge in [0.25, 0.3) is 0 Å². The smallest absolute Gasteiger partial charge is 0.191 e. The first-order chi connectivity index (χ1) is 12.5. The van der Waals surface area contributed by atoms with Crippen LogP contribution in [0.5, 0.6) is 0 Å². The van der Waals surface area contributed by atoms with E-state index in [0.29, 0.717) is 21.7 Å². The molecule has 2 bridgehead atoms. The third-order valence-corrected chi connectivity index (χ3v) is 5.37. The summed E-state index contributed by atoms with van der Waals surface area (Å²) in [5, 5.41) is 18.1. The lowest BCUT2D eigenvalue weighted by molar-refractivity contribution is 0.0154. The molecule has 0 aromatic heterocycles. The van der Waals surface area contributed by atoms with Gasteiger partial charge in [0, 0.05) is 61.9 Å². The number of benzene rings is 1. The topological polar surface area (TPSA) is 63.1 Å². The summed E-state index contributed by atoms with van der Waals surface area (Å²) in [6.07, 6.45) is -0.748. The van der Waals surface area contributed by atoms with Crippen molar-refractivity contribution in [1.82, 2.24) is 20.4 Å². The number of rotatable bonds is 6. The van der Waals surface area contributed by atoms with E-state index in [4.69, 9.17) is 23.2 Å². The lowest BCUT2D eigenvalue weighted by atomic mass is 10.1. The number of aliphatic hydroxyl groups is 1. The van der Waals surface area contributed by atoms with Crippen molar-refractivity contribution in [2.24, 2.45) is 4.99 Å². The van der Waals surface area contributed by atoms with Crippen molar-refractivity contribution < 1.29 is 5.11 Å². The molecule has 3 heterocycles. The Bertz CT molecular complexity index is 620. The van der Waals surface area contributed by atoms with E-state index in [1.165, 1.54) is 13.1 Å². The van der Waals surface area contributed by atoms with Gasteiger partial charge in [-0.1, -0.05) is 23.2 Å². The Morgan fingerprint density at radius 1 is 1.19 bits per heavy atom. The Balaban J connectivity index is 0.00000261. The summed E-state index contributed by atoms with van der Waals surface area (Å²) >= 11 is 12.0. The number of hydrogen-bond acceptors (Lipinski definition) is 4. The number of fused-ring (bicyclic) bond motifs is 3. The van der Waals surface area contributed by atoms with Gasteiger partial charge < -0.3 is 15.7 Å². The molecule has 6 nitrogen and oxygen atoms in total. The zero-order valence-corrected chi connectivity index (χ0v) is 19.3. The van der Waals surface area contributed by atoms with Crippen LogP contribution in [-0.2, 0) is 0 Å². The standard InChI is InChI=1S/C18H27Cl2N5O.HI/c1-2-21-18(22-10-16-12-24-3-5-25(16)6-4-24)23-11-17(26)13-7-14(19)9-15(20)8-13;/h7-9,16-17,26H,2-6,10-12H2,1H3,(H2,21,22,23);1H. The maximum Gasteiger partial charge on any atom is 0.191 e. The van der Waals surface area contributed by atoms with Crippen LogP contribution in [0.2, 0.25) is 10.0 Å². The van der Waals surface area contributed by atoms with Crippen molar-refractivity contribution in [3.63, 3.8) is 0 Å². The fraction of sp³-hybridized carbons (Fsp3) is 0.611. The Hall–Kier alpha value is -0.320. The van der Waals surface area contributed by atoms with Gasteiger partial charge in [-0.2, -0.15) is 0 Å². The number of nitrogens with zero attached hydrogens (tertiary/aromatic N) is 3. The van der Waals surface area contributed by atoms with E-state index in [2.05, 4.69) is 25.4 Å². The van der Waals surface area contributed by atoms with Gasteiger partial charge in [0.05, 0.1) is 12.6 Å². The second-order valence-electron chi connectivity index (χ2n) is 6.81. The molecule has 3 saturated heterocycles. The van der Waals surface area contributed by atoms with Gasteiger partial charge in [-0.05, 0) is 30.7 Å². The first-order valence-corrected chi connectivity index (χ1v) is 9.93. The van der Waals surface area contributed by atoms with Crippen molar-refractivity contribution in [3.05, 3.63) is 33.8 Å². The van der Waals surface area contributed by atoms with Crippen molar-refractivity contribution in [1.29, 1.82) is 0 Å². The molecule has 3 N–H and O–H groups in total. The molecule has 0 aliphatic carbocycles. The van der Waals surface area contributed by atoms with E-state index in [1.807, 2.05) is 6.92 Å². The Kier molecular flexibility index (Phi) is 9.37. The molecule has 1 aromatic carbocycles.